The van der Waals surface area contributed by atoms with Crippen LogP contribution in [0.4, 0.5) is 0 Å². The monoisotopic (exact) mass is 823 g/mol. The van der Waals surface area contributed by atoms with Gasteiger partial charge in [0, 0.05) is 12.8 Å². The summed E-state index contributed by atoms with van der Waals surface area (Å²) in [5, 5.41) is 18.3. The molecule has 10 nitrogen and oxygen atoms in total. The Hall–Kier alpha value is -2.59. The van der Waals surface area contributed by atoms with E-state index >= 15 is 0 Å². The van der Waals surface area contributed by atoms with Gasteiger partial charge in [-0.05, 0) is 77.0 Å². The van der Waals surface area contributed by atoms with Crippen LogP contribution < -0.4 is 0 Å². The van der Waals surface area contributed by atoms with E-state index in [-0.39, 0.29) is 19.4 Å². The number of aliphatic hydroxyl groups is 2. The van der Waals surface area contributed by atoms with Gasteiger partial charge in [0.15, 0.2) is 6.10 Å². The van der Waals surface area contributed by atoms with E-state index < -0.39 is 51.8 Å². The van der Waals surface area contributed by atoms with Gasteiger partial charge in [-0.3, -0.25) is 18.6 Å². The van der Waals surface area contributed by atoms with Crippen LogP contribution in [-0.4, -0.2) is 65.7 Å². The minimum atomic E-state index is -4.63. The summed E-state index contributed by atoms with van der Waals surface area (Å²) >= 11 is 0. The van der Waals surface area contributed by atoms with Crippen molar-refractivity contribution in [3.8, 4) is 0 Å². The van der Waals surface area contributed by atoms with Crippen LogP contribution in [0.3, 0.4) is 0 Å². The van der Waals surface area contributed by atoms with Crippen LogP contribution in [-0.2, 0) is 32.7 Å². The molecular formula is C46H79O10P. The third-order valence-electron chi connectivity index (χ3n) is 8.84. The Morgan fingerprint density at radius 2 is 0.965 bits per heavy atom. The Bertz CT molecular complexity index is 1180. The maximum atomic E-state index is 12.6. The van der Waals surface area contributed by atoms with Gasteiger partial charge in [0.2, 0.25) is 0 Å². The van der Waals surface area contributed by atoms with Crippen LogP contribution in [0.15, 0.2) is 72.9 Å². The van der Waals surface area contributed by atoms with Crippen molar-refractivity contribution in [3.05, 3.63) is 72.9 Å². The first-order valence-corrected chi connectivity index (χ1v) is 23.4. The summed E-state index contributed by atoms with van der Waals surface area (Å²) < 4.78 is 32.7. The summed E-state index contributed by atoms with van der Waals surface area (Å²) in [6.07, 6.45) is 47.2. The van der Waals surface area contributed by atoms with Gasteiger partial charge in [0.25, 0.3) is 0 Å². The number of carbonyl (C=O) groups excluding carboxylic acids is 2. The molecular weight excluding hydrogens is 743 g/mol. The molecule has 0 aliphatic heterocycles. The van der Waals surface area contributed by atoms with Gasteiger partial charge in [-0.25, -0.2) is 4.57 Å². The predicted molar refractivity (Wildman–Crippen MR) is 233 cm³/mol. The number of aliphatic hydroxyl groups excluding tert-OH is 2. The molecule has 0 heterocycles. The van der Waals surface area contributed by atoms with Crippen molar-refractivity contribution in [2.24, 2.45) is 0 Å². The lowest BCUT2D eigenvalue weighted by Crippen LogP contribution is -2.29. The van der Waals surface area contributed by atoms with Gasteiger partial charge >= 0.3 is 19.8 Å². The molecule has 0 aromatic carbocycles. The number of carbonyl (C=O) groups is 2. The molecule has 0 amide bonds. The maximum Gasteiger partial charge on any atom is 0.472 e. The third kappa shape index (κ3) is 41.4. The van der Waals surface area contributed by atoms with E-state index in [1.807, 2.05) is 0 Å². The molecule has 0 spiro atoms. The molecule has 0 saturated heterocycles. The van der Waals surface area contributed by atoms with Crippen molar-refractivity contribution in [2.75, 3.05) is 26.4 Å². The fourth-order valence-corrected chi connectivity index (χ4v) is 6.26. The van der Waals surface area contributed by atoms with E-state index in [0.717, 1.165) is 70.6 Å². The second kappa shape index (κ2) is 41.6. The second-order valence-corrected chi connectivity index (χ2v) is 15.8. The molecule has 0 radical (unpaired) electrons. The van der Waals surface area contributed by atoms with Crippen molar-refractivity contribution < 1.29 is 47.8 Å². The summed E-state index contributed by atoms with van der Waals surface area (Å²) in [5.74, 6) is -0.970. The number of esters is 2. The second-order valence-electron chi connectivity index (χ2n) is 14.3. The number of unbranched alkanes of at least 4 members (excludes halogenated alkanes) is 14. The van der Waals surface area contributed by atoms with Crippen LogP contribution >= 0.6 is 7.82 Å². The first kappa shape index (κ1) is 54.4. The highest BCUT2D eigenvalue weighted by Gasteiger charge is 2.27. The normalized spacial score (nSPS) is 14.5. The Morgan fingerprint density at radius 1 is 0.544 bits per heavy atom. The average molecular weight is 823 g/mol. The number of allylic oxidation sites excluding steroid dienone is 12. The molecule has 57 heavy (non-hydrogen) atoms. The van der Waals surface area contributed by atoms with Crippen LogP contribution in [0.1, 0.15) is 168 Å². The lowest BCUT2D eigenvalue weighted by atomic mass is 10.1. The number of hydrogen-bond donors (Lipinski definition) is 3. The SMILES string of the molecule is CC/C=C/C/C=C/C/C=C/C/C=C/C/C=C/CCCCCC(=O)OC[C@H](COP(=O)(O)OC[C@@H](O)CO)OC(=O)CCCCCCCCCCC/C=C/CCCC. The molecule has 0 bridgehead atoms. The van der Waals surface area contributed by atoms with Crippen molar-refractivity contribution >= 4 is 19.8 Å². The Kier molecular flexibility index (Phi) is 39.7. The molecule has 0 aliphatic carbocycles. The highest BCUT2D eigenvalue weighted by atomic mass is 31.2. The smallest absolute Gasteiger partial charge is 0.462 e. The van der Waals surface area contributed by atoms with Crippen molar-refractivity contribution in [2.45, 2.75) is 180 Å². The molecule has 0 saturated carbocycles. The largest absolute Gasteiger partial charge is 0.472 e. The summed E-state index contributed by atoms with van der Waals surface area (Å²) in [5.41, 5.74) is 0. The van der Waals surface area contributed by atoms with E-state index in [1.165, 1.54) is 57.8 Å². The maximum absolute atomic E-state index is 12.6. The van der Waals surface area contributed by atoms with Gasteiger partial charge < -0.3 is 24.6 Å². The number of phosphoric acid groups is 1. The Labute approximate surface area is 346 Å². The molecule has 0 aliphatic rings. The lowest BCUT2D eigenvalue weighted by molar-refractivity contribution is -0.161. The number of hydrogen-bond acceptors (Lipinski definition) is 9. The molecule has 3 atom stereocenters. The average Bonchev–Trinajstić information content (AvgIpc) is 3.20. The lowest BCUT2D eigenvalue weighted by Gasteiger charge is -2.20. The van der Waals surface area contributed by atoms with Gasteiger partial charge in [-0.2, -0.15) is 0 Å². The molecule has 328 valence electrons. The summed E-state index contributed by atoms with van der Waals surface area (Å²) in [4.78, 5) is 35.0. The first-order chi connectivity index (χ1) is 27.7. The Balaban J connectivity index is 4.36. The van der Waals surface area contributed by atoms with Gasteiger partial charge in [-0.15, -0.1) is 0 Å². The summed E-state index contributed by atoms with van der Waals surface area (Å²) in [7, 11) is -4.63. The molecule has 0 fully saturated rings. The zero-order valence-corrected chi connectivity index (χ0v) is 36.4. The fourth-order valence-electron chi connectivity index (χ4n) is 5.47. The summed E-state index contributed by atoms with van der Waals surface area (Å²) in [6, 6.07) is 0. The molecule has 3 N–H and O–H groups in total. The minimum absolute atomic E-state index is 0.171. The van der Waals surface area contributed by atoms with Crippen molar-refractivity contribution in [3.63, 3.8) is 0 Å². The van der Waals surface area contributed by atoms with Crippen molar-refractivity contribution in [1.82, 2.24) is 0 Å². The predicted octanol–water partition coefficient (Wildman–Crippen LogP) is 11.7. The molecule has 11 heteroatoms. The van der Waals surface area contributed by atoms with Crippen molar-refractivity contribution in [1.29, 1.82) is 0 Å². The highest BCUT2D eigenvalue weighted by molar-refractivity contribution is 7.47. The molecule has 0 rings (SSSR count). The quantitative estimate of drug-likeness (QED) is 0.0236. The zero-order chi connectivity index (χ0) is 41.9. The van der Waals surface area contributed by atoms with E-state index in [0.29, 0.717) is 12.8 Å². The number of phosphoric ester groups is 1. The number of ether oxygens (including phenoxy) is 2. The van der Waals surface area contributed by atoms with Crippen LogP contribution in [0, 0.1) is 0 Å². The topological polar surface area (TPSA) is 149 Å². The van der Waals surface area contributed by atoms with E-state index in [2.05, 4.69) is 91.3 Å². The summed E-state index contributed by atoms with van der Waals surface area (Å²) in [6.45, 7) is 2.19. The standard InChI is InChI=1S/C46H79O10P/c1-3-5-7-9-11-13-15-17-19-20-21-22-24-25-27-29-31-33-35-37-45(49)53-41-44(42-55-57(51,52)54-40-43(48)39-47)56-46(50)38-36-34-32-30-28-26-23-18-16-14-12-10-8-6-4-2/h5,7,10-13,17,19,21-22,25,27,43-44,47-48H,3-4,6,8-9,14-16,18,20,23-24,26,28-42H2,1-2H3,(H,51,52)/b7-5+,12-10+,13-11+,19-17+,22-21+,27-25+/t43-,44+/m0/s1. The number of rotatable bonds is 40. The van der Waals surface area contributed by atoms with Gasteiger partial charge in [0.05, 0.1) is 19.8 Å². The fraction of sp³-hybridized carbons (Fsp3) is 0.696. The Morgan fingerprint density at radius 3 is 1.49 bits per heavy atom. The molecule has 0 aromatic rings. The third-order valence-corrected chi connectivity index (χ3v) is 9.80. The van der Waals surface area contributed by atoms with Crippen LogP contribution in [0.5, 0.6) is 0 Å². The van der Waals surface area contributed by atoms with E-state index in [4.69, 9.17) is 19.1 Å². The van der Waals surface area contributed by atoms with E-state index in [9.17, 15) is 24.2 Å². The van der Waals surface area contributed by atoms with Gasteiger partial charge in [-0.1, -0.05) is 151 Å². The van der Waals surface area contributed by atoms with E-state index in [1.54, 1.807) is 0 Å². The zero-order valence-electron chi connectivity index (χ0n) is 35.5. The van der Waals surface area contributed by atoms with Crippen LogP contribution in [0.25, 0.3) is 0 Å². The minimum Gasteiger partial charge on any atom is -0.462 e. The van der Waals surface area contributed by atoms with Gasteiger partial charge in [0.1, 0.15) is 12.7 Å². The highest BCUT2D eigenvalue weighted by Crippen LogP contribution is 2.43. The molecule has 1 unspecified atom stereocenters. The first-order valence-electron chi connectivity index (χ1n) is 21.9. The molecule has 0 aromatic heterocycles. The van der Waals surface area contributed by atoms with Crippen LogP contribution in [0.2, 0.25) is 0 Å².